The molecule has 0 saturated heterocycles. The molecule has 1 aromatic carbocycles. The van der Waals surface area contributed by atoms with Gasteiger partial charge in [-0.1, -0.05) is 11.6 Å². The number of primary sulfonamides is 1. The monoisotopic (exact) mass is 328 g/mol. The molecule has 0 fully saturated rings. The van der Waals surface area contributed by atoms with E-state index < -0.39 is 10.0 Å². The number of hydrogen-bond acceptors (Lipinski definition) is 4. The normalized spacial score (nSPS) is 11.3. The minimum Gasteiger partial charge on any atom is -0.337 e. The van der Waals surface area contributed by atoms with Crippen LogP contribution in [0.1, 0.15) is 6.42 Å². The van der Waals surface area contributed by atoms with Crippen LogP contribution in [0.15, 0.2) is 41.8 Å². The molecule has 2 aromatic rings. The Morgan fingerprint density at radius 3 is 2.81 bits per heavy atom. The first-order valence-corrected chi connectivity index (χ1v) is 7.86. The van der Waals surface area contributed by atoms with Crippen molar-refractivity contribution >= 4 is 33.2 Å². The lowest BCUT2D eigenvalue weighted by Gasteiger charge is -2.09. The van der Waals surface area contributed by atoms with Crippen LogP contribution in [0.3, 0.4) is 0 Å². The predicted molar refractivity (Wildman–Crippen MR) is 78.3 cm³/mol. The number of benzene rings is 1. The molecule has 0 aliphatic rings. The smallest absolute Gasteiger partial charge is 0.238 e. The number of aryl methyl sites for hydroxylation is 1. The Hall–Kier alpha value is -1.90. The maximum Gasteiger partial charge on any atom is 0.238 e. The van der Waals surface area contributed by atoms with Gasteiger partial charge in [-0.3, -0.25) is 4.79 Å². The van der Waals surface area contributed by atoms with Crippen LogP contribution in [0.25, 0.3) is 0 Å². The van der Waals surface area contributed by atoms with Gasteiger partial charge in [0.15, 0.2) is 0 Å². The highest BCUT2D eigenvalue weighted by atomic mass is 35.5. The van der Waals surface area contributed by atoms with Crippen molar-refractivity contribution in [3.05, 3.63) is 41.9 Å². The topological polar surface area (TPSA) is 107 Å². The Morgan fingerprint density at radius 2 is 2.19 bits per heavy atom. The number of aromatic nitrogens is 2. The summed E-state index contributed by atoms with van der Waals surface area (Å²) in [5.74, 6) is -0.294. The number of carbonyl (C=O) groups is 1. The highest BCUT2D eigenvalue weighted by Crippen LogP contribution is 2.24. The fraction of sp³-hybridized carbons (Fsp3) is 0.167. The standard InChI is InChI=1S/C12H13ClN4O3S/c13-10-2-1-9(21(14,19)20)7-11(10)16-12(18)3-5-17-6-4-15-8-17/h1-2,4,6-8H,3,5H2,(H,16,18)(H2,14,19,20). The zero-order valence-corrected chi connectivity index (χ0v) is 12.4. The van der Waals surface area contributed by atoms with E-state index in [1.54, 1.807) is 23.3 Å². The molecule has 7 nitrogen and oxygen atoms in total. The van der Waals surface area contributed by atoms with Crippen molar-refractivity contribution in [2.45, 2.75) is 17.9 Å². The van der Waals surface area contributed by atoms with E-state index in [-0.39, 0.29) is 27.9 Å². The molecule has 112 valence electrons. The number of halogens is 1. The van der Waals surface area contributed by atoms with E-state index in [0.29, 0.717) is 6.54 Å². The predicted octanol–water partition coefficient (Wildman–Crippen LogP) is 1.21. The molecule has 0 bridgehead atoms. The second kappa shape index (κ2) is 6.25. The first kappa shape index (κ1) is 15.5. The fourth-order valence-corrected chi connectivity index (χ4v) is 2.34. The number of anilines is 1. The Morgan fingerprint density at radius 1 is 1.43 bits per heavy atom. The van der Waals surface area contributed by atoms with E-state index in [1.165, 1.54) is 18.2 Å². The maximum atomic E-state index is 11.8. The SMILES string of the molecule is NS(=O)(=O)c1ccc(Cl)c(NC(=O)CCn2ccnc2)c1. The quantitative estimate of drug-likeness (QED) is 0.860. The molecule has 2 rings (SSSR count). The summed E-state index contributed by atoms with van der Waals surface area (Å²) in [5.41, 5.74) is 0.207. The van der Waals surface area contributed by atoms with Gasteiger partial charge in [-0.2, -0.15) is 0 Å². The molecule has 3 N–H and O–H groups in total. The summed E-state index contributed by atoms with van der Waals surface area (Å²) in [4.78, 5) is 15.6. The molecule has 0 saturated carbocycles. The van der Waals surface area contributed by atoms with Gasteiger partial charge in [0.1, 0.15) is 0 Å². The Bertz CT molecular complexity index is 744. The number of rotatable bonds is 5. The lowest BCUT2D eigenvalue weighted by Crippen LogP contribution is -2.16. The average molecular weight is 329 g/mol. The zero-order valence-electron chi connectivity index (χ0n) is 10.9. The summed E-state index contributed by atoms with van der Waals surface area (Å²) < 4.78 is 24.3. The number of amides is 1. The minimum atomic E-state index is -3.85. The molecule has 0 atom stereocenters. The van der Waals surface area contributed by atoms with E-state index in [0.717, 1.165) is 0 Å². The van der Waals surface area contributed by atoms with Crippen LogP contribution >= 0.6 is 11.6 Å². The number of nitrogens with one attached hydrogen (secondary N) is 1. The van der Waals surface area contributed by atoms with Gasteiger partial charge < -0.3 is 9.88 Å². The van der Waals surface area contributed by atoms with Gasteiger partial charge in [0.2, 0.25) is 15.9 Å². The molecule has 1 aromatic heterocycles. The van der Waals surface area contributed by atoms with Crippen LogP contribution < -0.4 is 10.5 Å². The van der Waals surface area contributed by atoms with E-state index in [2.05, 4.69) is 10.3 Å². The second-order valence-electron chi connectivity index (χ2n) is 4.29. The highest BCUT2D eigenvalue weighted by Gasteiger charge is 2.12. The second-order valence-corrected chi connectivity index (χ2v) is 6.25. The lowest BCUT2D eigenvalue weighted by molar-refractivity contribution is -0.116. The molecular weight excluding hydrogens is 316 g/mol. The van der Waals surface area contributed by atoms with Crippen LogP contribution in [0.5, 0.6) is 0 Å². The van der Waals surface area contributed by atoms with Gasteiger partial charge in [0.05, 0.1) is 21.9 Å². The Labute approximate surface area is 126 Å². The van der Waals surface area contributed by atoms with Crippen LogP contribution in [0, 0.1) is 0 Å². The van der Waals surface area contributed by atoms with Crippen LogP contribution in [-0.4, -0.2) is 23.9 Å². The first-order chi connectivity index (χ1) is 9.86. The lowest BCUT2D eigenvalue weighted by atomic mass is 10.3. The summed E-state index contributed by atoms with van der Waals surface area (Å²) in [7, 11) is -3.85. The third-order valence-corrected chi connectivity index (χ3v) is 3.94. The number of imidazole rings is 1. The van der Waals surface area contributed by atoms with E-state index in [4.69, 9.17) is 16.7 Å². The molecular formula is C12H13ClN4O3S. The number of nitrogens with two attached hydrogens (primary N) is 1. The minimum absolute atomic E-state index is 0.114. The molecule has 0 aliphatic heterocycles. The van der Waals surface area contributed by atoms with Crippen LogP contribution in [0.2, 0.25) is 5.02 Å². The third kappa shape index (κ3) is 4.28. The van der Waals surface area contributed by atoms with Gasteiger partial charge in [-0.15, -0.1) is 0 Å². The molecule has 1 amide bonds. The highest BCUT2D eigenvalue weighted by molar-refractivity contribution is 7.89. The van der Waals surface area contributed by atoms with Crippen LogP contribution in [-0.2, 0) is 21.4 Å². The van der Waals surface area contributed by atoms with Crippen molar-refractivity contribution in [1.29, 1.82) is 0 Å². The number of hydrogen-bond donors (Lipinski definition) is 2. The van der Waals surface area contributed by atoms with Crippen molar-refractivity contribution in [3.63, 3.8) is 0 Å². The molecule has 0 radical (unpaired) electrons. The van der Waals surface area contributed by atoms with E-state index in [1.807, 2.05) is 0 Å². The summed E-state index contributed by atoms with van der Waals surface area (Å²) >= 11 is 5.92. The third-order valence-electron chi connectivity index (χ3n) is 2.70. The van der Waals surface area contributed by atoms with Gasteiger partial charge in [0.25, 0.3) is 0 Å². The first-order valence-electron chi connectivity index (χ1n) is 5.94. The van der Waals surface area contributed by atoms with Gasteiger partial charge >= 0.3 is 0 Å². The summed E-state index contributed by atoms with van der Waals surface area (Å²) in [6.07, 6.45) is 5.15. The van der Waals surface area contributed by atoms with Gasteiger partial charge in [-0.05, 0) is 18.2 Å². The van der Waals surface area contributed by atoms with Crippen LogP contribution in [0.4, 0.5) is 5.69 Å². The molecule has 21 heavy (non-hydrogen) atoms. The summed E-state index contributed by atoms with van der Waals surface area (Å²) in [5, 5.41) is 7.83. The van der Waals surface area contributed by atoms with Gasteiger partial charge in [0, 0.05) is 25.4 Å². The number of nitrogens with zero attached hydrogens (tertiary/aromatic N) is 2. The van der Waals surface area contributed by atoms with E-state index >= 15 is 0 Å². The number of carbonyl (C=O) groups excluding carboxylic acids is 1. The summed E-state index contributed by atoms with van der Waals surface area (Å²) in [6, 6.07) is 3.87. The molecule has 9 heteroatoms. The Kier molecular flexibility index (Phi) is 4.61. The van der Waals surface area contributed by atoms with E-state index in [9.17, 15) is 13.2 Å². The van der Waals surface area contributed by atoms with Crippen molar-refractivity contribution in [1.82, 2.24) is 9.55 Å². The Balaban J connectivity index is 2.06. The largest absolute Gasteiger partial charge is 0.337 e. The molecule has 0 spiro atoms. The molecule has 0 aliphatic carbocycles. The van der Waals surface area contributed by atoms with Crippen molar-refractivity contribution in [2.75, 3.05) is 5.32 Å². The van der Waals surface area contributed by atoms with Crippen molar-refractivity contribution in [2.24, 2.45) is 5.14 Å². The molecule has 0 unspecified atom stereocenters. The van der Waals surface area contributed by atoms with Gasteiger partial charge in [-0.25, -0.2) is 18.5 Å². The maximum absolute atomic E-state index is 11.8. The zero-order chi connectivity index (χ0) is 15.5. The molecule has 1 heterocycles. The number of sulfonamides is 1. The van der Waals surface area contributed by atoms with Crippen molar-refractivity contribution < 1.29 is 13.2 Å². The average Bonchev–Trinajstić information content (AvgIpc) is 2.91. The summed E-state index contributed by atoms with van der Waals surface area (Å²) in [6.45, 7) is 0.457. The fourth-order valence-electron chi connectivity index (χ4n) is 1.64. The van der Waals surface area contributed by atoms with Crippen molar-refractivity contribution in [3.8, 4) is 0 Å².